The summed E-state index contributed by atoms with van der Waals surface area (Å²) in [5.41, 5.74) is 0.974. The molecule has 0 heterocycles. The highest BCUT2D eigenvalue weighted by Gasteiger charge is 2.22. The Morgan fingerprint density at radius 2 is 1.76 bits per heavy atom. The smallest absolute Gasteiger partial charge is 0.323 e. The number of carbonyl (C=O) groups is 1. The molecule has 1 rings (SSSR count). The fourth-order valence-corrected chi connectivity index (χ4v) is 2.43. The third kappa shape index (κ3) is 4.61. The molecule has 1 N–H and O–H groups in total. The molecule has 5 nitrogen and oxygen atoms in total. The molecule has 0 unspecified atom stereocenters. The first-order valence-electron chi connectivity index (χ1n) is 6.66. The van der Waals surface area contributed by atoms with Gasteiger partial charge >= 0.3 is 5.97 Å². The van der Waals surface area contributed by atoms with Crippen LogP contribution < -0.4 is 14.8 Å². The van der Waals surface area contributed by atoms with Crippen molar-refractivity contribution in [2.75, 3.05) is 21.3 Å². The molecule has 0 radical (unpaired) electrons. The SMILES string of the molecule is COC(=O)[C@@H](NCc1cc(OC)c(OC)cc1Br)C(C)C. The van der Waals surface area contributed by atoms with Gasteiger partial charge in [-0.15, -0.1) is 0 Å². The lowest BCUT2D eigenvalue weighted by Gasteiger charge is -2.20. The molecule has 118 valence electrons. The first-order chi connectivity index (χ1) is 9.94. The highest BCUT2D eigenvalue weighted by molar-refractivity contribution is 9.10. The van der Waals surface area contributed by atoms with E-state index in [9.17, 15) is 4.79 Å². The van der Waals surface area contributed by atoms with E-state index in [2.05, 4.69) is 21.2 Å². The zero-order chi connectivity index (χ0) is 16.0. The van der Waals surface area contributed by atoms with Crippen molar-refractivity contribution in [3.05, 3.63) is 22.2 Å². The van der Waals surface area contributed by atoms with E-state index in [4.69, 9.17) is 14.2 Å². The van der Waals surface area contributed by atoms with Crippen molar-refractivity contribution in [2.45, 2.75) is 26.4 Å². The van der Waals surface area contributed by atoms with E-state index in [1.165, 1.54) is 7.11 Å². The Kier molecular flexibility index (Phi) is 6.98. The van der Waals surface area contributed by atoms with E-state index < -0.39 is 0 Å². The van der Waals surface area contributed by atoms with Gasteiger partial charge in [-0.2, -0.15) is 0 Å². The van der Waals surface area contributed by atoms with Crippen LogP contribution in [0, 0.1) is 5.92 Å². The maximum atomic E-state index is 11.7. The van der Waals surface area contributed by atoms with Gasteiger partial charge in [0.25, 0.3) is 0 Å². The molecule has 1 aromatic rings. The summed E-state index contributed by atoms with van der Waals surface area (Å²) in [4.78, 5) is 11.7. The second-order valence-electron chi connectivity index (χ2n) is 4.92. The Bertz CT molecular complexity index is 491. The molecule has 1 aromatic carbocycles. The molecule has 0 aromatic heterocycles. The number of methoxy groups -OCH3 is 3. The van der Waals surface area contributed by atoms with Gasteiger partial charge in [-0.3, -0.25) is 4.79 Å². The molecular formula is C15H22BrNO4. The number of rotatable bonds is 7. The number of carbonyl (C=O) groups excluding carboxylic acids is 1. The lowest BCUT2D eigenvalue weighted by atomic mass is 10.0. The fourth-order valence-electron chi connectivity index (χ4n) is 1.97. The average Bonchev–Trinajstić information content (AvgIpc) is 2.47. The minimum absolute atomic E-state index is 0.136. The number of hydrogen-bond acceptors (Lipinski definition) is 5. The lowest BCUT2D eigenvalue weighted by Crippen LogP contribution is -2.41. The molecule has 21 heavy (non-hydrogen) atoms. The zero-order valence-electron chi connectivity index (χ0n) is 13.0. The van der Waals surface area contributed by atoms with Crippen molar-refractivity contribution in [2.24, 2.45) is 5.92 Å². The third-order valence-corrected chi connectivity index (χ3v) is 3.93. The molecule has 0 amide bonds. The third-order valence-electron chi connectivity index (χ3n) is 3.19. The van der Waals surface area contributed by atoms with E-state index in [1.54, 1.807) is 14.2 Å². The van der Waals surface area contributed by atoms with Crippen LogP contribution in [0.5, 0.6) is 11.5 Å². The molecule has 0 aliphatic heterocycles. The Hall–Kier alpha value is -1.27. The van der Waals surface area contributed by atoms with Gasteiger partial charge in [-0.1, -0.05) is 29.8 Å². The summed E-state index contributed by atoms with van der Waals surface area (Å²) in [5.74, 6) is 1.18. The average molecular weight is 360 g/mol. The summed E-state index contributed by atoms with van der Waals surface area (Å²) in [7, 11) is 4.58. The quantitative estimate of drug-likeness (QED) is 0.758. The summed E-state index contributed by atoms with van der Waals surface area (Å²) in [5, 5.41) is 3.21. The second kappa shape index (κ2) is 8.24. The predicted octanol–water partition coefficient (Wildman–Crippen LogP) is 2.75. The van der Waals surface area contributed by atoms with Crippen LogP contribution in [0.3, 0.4) is 0 Å². The normalized spacial score (nSPS) is 12.1. The van der Waals surface area contributed by atoms with Crippen LogP contribution in [-0.4, -0.2) is 33.3 Å². The molecule has 0 aliphatic carbocycles. The summed E-state index contributed by atoms with van der Waals surface area (Å²) in [6.45, 7) is 4.45. The van der Waals surface area contributed by atoms with Gasteiger partial charge in [-0.05, 0) is 23.6 Å². The van der Waals surface area contributed by atoms with Gasteiger partial charge in [-0.25, -0.2) is 0 Å². The van der Waals surface area contributed by atoms with Crippen LogP contribution in [-0.2, 0) is 16.1 Å². The number of hydrogen-bond donors (Lipinski definition) is 1. The zero-order valence-corrected chi connectivity index (χ0v) is 14.6. The summed E-state index contributed by atoms with van der Waals surface area (Å²) >= 11 is 3.50. The molecule has 0 saturated heterocycles. The van der Waals surface area contributed by atoms with Crippen molar-refractivity contribution >= 4 is 21.9 Å². The standard InChI is InChI=1S/C15H22BrNO4/c1-9(2)14(15(18)21-5)17-8-10-6-12(19-3)13(20-4)7-11(10)16/h6-7,9,14,17H,8H2,1-5H3/t14-/m0/s1. The van der Waals surface area contributed by atoms with Crippen LogP contribution >= 0.6 is 15.9 Å². The van der Waals surface area contributed by atoms with Crippen LogP contribution in [0.1, 0.15) is 19.4 Å². The first kappa shape index (κ1) is 17.8. The van der Waals surface area contributed by atoms with Crippen LogP contribution in [0.4, 0.5) is 0 Å². The number of nitrogens with one attached hydrogen (secondary N) is 1. The first-order valence-corrected chi connectivity index (χ1v) is 7.45. The lowest BCUT2D eigenvalue weighted by molar-refractivity contribution is -0.144. The Morgan fingerprint density at radius 1 is 1.19 bits per heavy atom. The maximum absolute atomic E-state index is 11.7. The van der Waals surface area contributed by atoms with E-state index in [1.807, 2.05) is 26.0 Å². The van der Waals surface area contributed by atoms with Crippen molar-refractivity contribution in [1.82, 2.24) is 5.32 Å². The number of ether oxygens (including phenoxy) is 3. The summed E-state index contributed by atoms with van der Waals surface area (Å²) in [6.07, 6.45) is 0. The van der Waals surface area contributed by atoms with Gasteiger partial charge in [0.05, 0.1) is 21.3 Å². The molecule has 0 fully saturated rings. The highest BCUT2D eigenvalue weighted by atomic mass is 79.9. The monoisotopic (exact) mass is 359 g/mol. The molecule has 6 heteroatoms. The van der Waals surface area contributed by atoms with E-state index >= 15 is 0 Å². The van der Waals surface area contributed by atoms with Gasteiger partial charge in [0.2, 0.25) is 0 Å². The molecular weight excluding hydrogens is 338 g/mol. The molecule has 0 bridgehead atoms. The largest absolute Gasteiger partial charge is 0.493 e. The highest BCUT2D eigenvalue weighted by Crippen LogP contribution is 2.33. The molecule has 0 saturated carbocycles. The summed E-state index contributed by atoms with van der Waals surface area (Å²) in [6, 6.07) is 3.37. The van der Waals surface area contributed by atoms with Gasteiger partial charge in [0.1, 0.15) is 6.04 Å². The topological polar surface area (TPSA) is 56.8 Å². The number of halogens is 1. The Balaban J connectivity index is 2.89. The predicted molar refractivity (Wildman–Crippen MR) is 84.7 cm³/mol. The van der Waals surface area contributed by atoms with Gasteiger partial charge in [0, 0.05) is 11.0 Å². The van der Waals surface area contributed by atoms with Crippen LogP contribution in [0.15, 0.2) is 16.6 Å². The van der Waals surface area contributed by atoms with Crippen LogP contribution in [0.2, 0.25) is 0 Å². The van der Waals surface area contributed by atoms with Crippen molar-refractivity contribution in [1.29, 1.82) is 0 Å². The number of esters is 1. The van der Waals surface area contributed by atoms with E-state index in [0.29, 0.717) is 18.0 Å². The Labute approximate surface area is 134 Å². The van der Waals surface area contributed by atoms with Crippen molar-refractivity contribution in [3.63, 3.8) is 0 Å². The fraction of sp³-hybridized carbons (Fsp3) is 0.533. The minimum Gasteiger partial charge on any atom is -0.493 e. The maximum Gasteiger partial charge on any atom is 0.323 e. The van der Waals surface area contributed by atoms with E-state index in [0.717, 1.165) is 10.0 Å². The molecule has 0 aliphatic rings. The minimum atomic E-state index is -0.352. The number of benzene rings is 1. The molecule has 1 atom stereocenters. The molecule has 0 spiro atoms. The summed E-state index contributed by atoms with van der Waals surface area (Å²) < 4.78 is 16.2. The van der Waals surface area contributed by atoms with Gasteiger partial charge in [0.15, 0.2) is 11.5 Å². The van der Waals surface area contributed by atoms with Crippen molar-refractivity contribution < 1.29 is 19.0 Å². The Morgan fingerprint density at radius 3 is 2.24 bits per heavy atom. The van der Waals surface area contributed by atoms with E-state index in [-0.39, 0.29) is 17.9 Å². The van der Waals surface area contributed by atoms with Crippen LogP contribution in [0.25, 0.3) is 0 Å². The van der Waals surface area contributed by atoms with Crippen molar-refractivity contribution in [3.8, 4) is 11.5 Å². The second-order valence-corrected chi connectivity index (χ2v) is 5.78. The van der Waals surface area contributed by atoms with Gasteiger partial charge < -0.3 is 19.5 Å².